The van der Waals surface area contributed by atoms with E-state index in [0.717, 1.165) is 21.3 Å². The molecule has 0 radical (unpaired) electrons. The molecule has 0 fully saturated rings. The van der Waals surface area contributed by atoms with Gasteiger partial charge in [0, 0.05) is 24.5 Å². The molecule has 0 bridgehead atoms. The lowest BCUT2D eigenvalue weighted by atomic mass is 10.1. The van der Waals surface area contributed by atoms with Crippen LogP contribution in [0.1, 0.15) is 16.2 Å². The average molecular weight is 426 g/mol. The normalized spacial score (nSPS) is 11.0. The number of nitrogens with one attached hydrogen (secondary N) is 1. The van der Waals surface area contributed by atoms with Gasteiger partial charge in [-0.05, 0) is 40.8 Å². The van der Waals surface area contributed by atoms with Crippen LogP contribution in [-0.2, 0) is 13.5 Å². The van der Waals surface area contributed by atoms with Crippen molar-refractivity contribution >= 4 is 32.9 Å². The highest BCUT2D eigenvalue weighted by Gasteiger charge is 2.15. The Morgan fingerprint density at radius 2 is 2.07 bits per heavy atom. The third kappa shape index (κ3) is 3.45. The second-order valence-electron chi connectivity index (χ2n) is 6.00. The van der Waals surface area contributed by atoms with Crippen LogP contribution in [0.15, 0.2) is 53.3 Å². The van der Waals surface area contributed by atoms with Gasteiger partial charge in [-0.25, -0.2) is 4.98 Å². The number of carbonyl (C=O) groups is 1. The quantitative estimate of drug-likeness (QED) is 0.529. The van der Waals surface area contributed by atoms with E-state index in [1.54, 1.807) is 12.1 Å². The van der Waals surface area contributed by atoms with Crippen LogP contribution in [0.4, 0.5) is 0 Å². The Balaban J connectivity index is 1.50. The maximum Gasteiger partial charge on any atom is 0.253 e. The van der Waals surface area contributed by atoms with Gasteiger partial charge in [-0.2, -0.15) is 4.68 Å². The fourth-order valence-corrected chi connectivity index (χ4v) is 3.32. The first-order valence-corrected chi connectivity index (χ1v) is 9.14. The standard InChI is InChI=1S/C18H16BrN7O/c1-25-16-5-3-2-4-14(16)22-17(25)8-9-20-18(27)13-10-12(19)6-7-15(13)26-11-21-23-24-26/h2-7,10-11H,8-9H2,1H3,(H,20,27). The number of aromatic nitrogens is 6. The highest BCUT2D eigenvalue weighted by molar-refractivity contribution is 9.10. The van der Waals surface area contributed by atoms with Gasteiger partial charge in [-0.1, -0.05) is 28.1 Å². The molecule has 2 aromatic heterocycles. The Kier molecular flexibility index (Phi) is 4.68. The third-order valence-electron chi connectivity index (χ3n) is 4.31. The van der Waals surface area contributed by atoms with Crippen LogP contribution in [0.2, 0.25) is 0 Å². The minimum Gasteiger partial charge on any atom is -0.352 e. The Morgan fingerprint density at radius 1 is 1.22 bits per heavy atom. The van der Waals surface area contributed by atoms with Crippen molar-refractivity contribution in [1.82, 2.24) is 35.1 Å². The predicted molar refractivity (Wildman–Crippen MR) is 104 cm³/mol. The first kappa shape index (κ1) is 17.3. The Labute approximate surface area is 163 Å². The second kappa shape index (κ2) is 7.28. The molecular weight excluding hydrogens is 410 g/mol. The van der Waals surface area contributed by atoms with Gasteiger partial charge in [0.2, 0.25) is 0 Å². The van der Waals surface area contributed by atoms with Gasteiger partial charge in [-0.15, -0.1) is 5.10 Å². The molecule has 4 aromatic rings. The summed E-state index contributed by atoms with van der Waals surface area (Å²) >= 11 is 3.41. The second-order valence-corrected chi connectivity index (χ2v) is 6.91. The molecule has 1 amide bonds. The van der Waals surface area contributed by atoms with Gasteiger partial charge in [-0.3, -0.25) is 4.79 Å². The molecule has 0 atom stereocenters. The van der Waals surface area contributed by atoms with E-state index in [0.29, 0.717) is 24.2 Å². The van der Waals surface area contributed by atoms with Crippen LogP contribution in [0, 0.1) is 0 Å². The molecule has 0 unspecified atom stereocenters. The molecule has 0 aliphatic carbocycles. The zero-order valence-electron chi connectivity index (χ0n) is 14.5. The van der Waals surface area contributed by atoms with E-state index in [2.05, 4.69) is 41.8 Å². The van der Waals surface area contributed by atoms with E-state index < -0.39 is 0 Å². The third-order valence-corrected chi connectivity index (χ3v) is 4.81. The van der Waals surface area contributed by atoms with Crippen molar-refractivity contribution in [3.05, 3.63) is 64.7 Å². The van der Waals surface area contributed by atoms with Crippen LogP contribution in [0.25, 0.3) is 16.7 Å². The largest absolute Gasteiger partial charge is 0.352 e. The van der Waals surface area contributed by atoms with Crippen molar-refractivity contribution in [3.8, 4) is 5.69 Å². The first-order valence-electron chi connectivity index (χ1n) is 8.35. The summed E-state index contributed by atoms with van der Waals surface area (Å²) in [6, 6.07) is 13.4. The fraction of sp³-hybridized carbons (Fsp3) is 0.167. The lowest BCUT2D eigenvalue weighted by Gasteiger charge is -2.10. The Bertz CT molecular complexity index is 1100. The number of carbonyl (C=O) groups excluding carboxylic acids is 1. The minimum atomic E-state index is -0.194. The highest BCUT2D eigenvalue weighted by atomic mass is 79.9. The lowest BCUT2D eigenvalue weighted by molar-refractivity contribution is 0.0953. The molecule has 2 aromatic carbocycles. The summed E-state index contributed by atoms with van der Waals surface area (Å²) in [6.07, 6.45) is 2.09. The van der Waals surface area contributed by atoms with Crippen LogP contribution >= 0.6 is 15.9 Å². The lowest BCUT2D eigenvalue weighted by Crippen LogP contribution is -2.27. The van der Waals surface area contributed by atoms with E-state index in [1.807, 2.05) is 41.9 Å². The topological polar surface area (TPSA) is 90.5 Å². The SMILES string of the molecule is Cn1c(CCNC(=O)c2cc(Br)ccc2-n2cnnn2)nc2ccccc21. The van der Waals surface area contributed by atoms with E-state index in [-0.39, 0.29) is 5.91 Å². The van der Waals surface area contributed by atoms with Crippen LogP contribution in [0.3, 0.4) is 0 Å². The molecule has 0 spiro atoms. The van der Waals surface area contributed by atoms with Gasteiger partial charge in [0.25, 0.3) is 5.91 Å². The van der Waals surface area contributed by atoms with Crippen molar-refractivity contribution in [3.63, 3.8) is 0 Å². The summed E-state index contributed by atoms with van der Waals surface area (Å²) in [5.74, 6) is 0.729. The van der Waals surface area contributed by atoms with Crippen molar-refractivity contribution in [1.29, 1.82) is 0 Å². The van der Waals surface area contributed by atoms with Crippen molar-refractivity contribution in [2.75, 3.05) is 6.54 Å². The maximum absolute atomic E-state index is 12.7. The average Bonchev–Trinajstić information content (AvgIpc) is 3.31. The molecule has 9 heteroatoms. The predicted octanol–water partition coefficient (Wildman–Crippen LogP) is 2.28. The number of halogens is 1. The molecule has 0 aliphatic rings. The highest BCUT2D eigenvalue weighted by Crippen LogP contribution is 2.19. The minimum absolute atomic E-state index is 0.194. The molecule has 0 saturated heterocycles. The van der Waals surface area contributed by atoms with E-state index in [9.17, 15) is 4.79 Å². The zero-order valence-corrected chi connectivity index (χ0v) is 16.1. The van der Waals surface area contributed by atoms with Crippen molar-refractivity contribution in [2.24, 2.45) is 7.05 Å². The van der Waals surface area contributed by atoms with E-state index in [4.69, 9.17) is 0 Å². The van der Waals surface area contributed by atoms with Gasteiger partial charge >= 0.3 is 0 Å². The molecule has 2 heterocycles. The van der Waals surface area contributed by atoms with Gasteiger partial charge in [0.05, 0.1) is 22.3 Å². The van der Waals surface area contributed by atoms with Crippen LogP contribution < -0.4 is 5.32 Å². The number of tetrazole rings is 1. The van der Waals surface area contributed by atoms with E-state index in [1.165, 1.54) is 11.0 Å². The Morgan fingerprint density at radius 3 is 2.85 bits per heavy atom. The molecule has 0 aliphatic heterocycles. The number of rotatable bonds is 5. The molecule has 4 rings (SSSR count). The summed E-state index contributed by atoms with van der Waals surface area (Å²) in [6.45, 7) is 0.470. The van der Waals surface area contributed by atoms with E-state index >= 15 is 0 Å². The maximum atomic E-state index is 12.7. The molecule has 1 N–H and O–H groups in total. The fourth-order valence-electron chi connectivity index (χ4n) is 2.96. The first-order chi connectivity index (χ1) is 13.1. The summed E-state index contributed by atoms with van der Waals surface area (Å²) < 4.78 is 4.32. The number of nitrogens with zero attached hydrogens (tertiary/aromatic N) is 6. The summed E-state index contributed by atoms with van der Waals surface area (Å²) in [7, 11) is 1.98. The van der Waals surface area contributed by atoms with Crippen molar-refractivity contribution in [2.45, 2.75) is 6.42 Å². The number of benzene rings is 2. The number of fused-ring (bicyclic) bond motifs is 1. The summed E-state index contributed by atoms with van der Waals surface area (Å²) in [4.78, 5) is 17.3. The van der Waals surface area contributed by atoms with Crippen LogP contribution in [0.5, 0.6) is 0 Å². The molecule has 136 valence electrons. The molecule has 27 heavy (non-hydrogen) atoms. The zero-order chi connectivity index (χ0) is 18.8. The molecule has 0 saturated carbocycles. The monoisotopic (exact) mass is 425 g/mol. The number of imidazole rings is 1. The smallest absolute Gasteiger partial charge is 0.253 e. The van der Waals surface area contributed by atoms with Gasteiger partial charge in [0.15, 0.2) is 0 Å². The number of hydrogen-bond acceptors (Lipinski definition) is 5. The van der Waals surface area contributed by atoms with Gasteiger partial charge in [0.1, 0.15) is 12.2 Å². The number of para-hydroxylation sites is 2. The number of aryl methyl sites for hydroxylation is 1. The Hall–Kier alpha value is -3.07. The van der Waals surface area contributed by atoms with Crippen molar-refractivity contribution < 1.29 is 4.79 Å². The molecular formula is C18H16BrN7O. The number of amides is 1. The van der Waals surface area contributed by atoms with Crippen LogP contribution in [-0.4, -0.2) is 42.2 Å². The summed E-state index contributed by atoms with van der Waals surface area (Å²) in [5, 5.41) is 14.1. The summed E-state index contributed by atoms with van der Waals surface area (Å²) in [5.41, 5.74) is 3.13. The molecule has 8 nitrogen and oxygen atoms in total. The van der Waals surface area contributed by atoms with Gasteiger partial charge < -0.3 is 9.88 Å². The number of hydrogen-bond donors (Lipinski definition) is 1.